The Morgan fingerprint density at radius 2 is 0.506 bits per heavy atom. The van der Waals surface area contributed by atoms with Crippen molar-refractivity contribution < 1.29 is 28.6 Å². The van der Waals surface area contributed by atoms with Gasteiger partial charge in [-0.1, -0.05) is 264 Å². The number of allylic oxidation sites excluding steroid dienone is 20. The summed E-state index contributed by atoms with van der Waals surface area (Å²) < 4.78 is 16.9. The van der Waals surface area contributed by atoms with E-state index in [0.717, 1.165) is 148 Å². The first-order valence-electron chi connectivity index (χ1n) is 32.0. The molecule has 77 heavy (non-hydrogen) atoms. The standard InChI is InChI=1S/C71H118O6/c1-4-7-10-13-16-19-22-25-28-31-34-35-38-40-43-46-49-52-55-58-61-64-70(73)76-67-68(77-71(74)65-62-59-56-53-50-47-44-41-37-33-30-27-24-21-18-15-12-9-6-3)66-75-69(72)63-60-57-54-51-48-45-42-39-36-32-29-26-23-20-17-14-11-8-5-2/h7,9-10,12,16,18-19,21,25-30,34-35,37,40-41,43,68H,4-6,8,11,13-15,17,20,22-24,31-33,36,38-39,42,44-67H2,1-3H3/b10-7-,12-9-,19-16-,21-18-,28-25-,29-26-,30-27-,35-34-,41-37-,43-40-. The lowest BCUT2D eigenvalue weighted by molar-refractivity contribution is -0.167. The minimum Gasteiger partial charge on any atom is -0.462 e. The molecule has 0 aromatic carbocycles. The minimum atomic E-state index is -0.800. The Morgan fingerprint density at radius 3 is 0.805 bits per heavy atom. The summed E-state index contributed by atoms with van der Waals surface area (Å²) in [7, 11) is 0. The number of esters is 3. The maximum Gasteiger partial charge on any atom is 0.306 e. The molecule has 0 aliphatic rings. The van der Waals surface area contributed by atoms with Crippen molar-refractivity contribution in [3.8, 4) is 0 Å². The van der Waals surface area contributed by atoms with Gasteiger partial charge in [0.15, 0.2) is 6.10 Å². The van der Waals surface area contributed by atoms with Crippen LogP contribution in [0.2, 0.25) is 0 Å². The fraction of sp³-hybridized carbons (Fsp3) is 0.676. The van der Waals surface area contributed by atoms with Crippen LogP contribution < -0.4 is 0 Å². The van der Waals surface area contributed by atoms with Crippen LogP contribution in [0.15, 0.2) is 122 Å². The Morgan fingerprint density at radius 1 is 0.273 bits per heavy atom. The van der Waals surface area contributed by atoms with Crippen molar-refractivity contribution >= 4 is 17.9 Å². The molecule has 6 nitrogen and oxygen atoms in total. The molecule has 0 N–H and O–H groups in total. The van der Waals surface area contributed by atoms with Crippen LogP contribution in [0.4, 0.5) is 0 Å². The van der Waals surface area contributed by atoms with E-state index in [2.05, 4.69) is 142 Å². The molecule has 0 aromatic rings. The van der Waals surface area contributed by atoms with Crippen molar-refractivity contribution in [1.29, 1.82) is 0 Å². The zero-order chi connectivity index (χ0) is 55.7. The van der Waals surface area contributed by atoms with Crippen LogP contribution in [0, 0.1) is 0 Å². The van der Waals surface area contributed by atoms with Gasteiger partial charge >= 0.3 is 17.9 Å². The van der Waals surface area contributed by atoms with Gasteiger partial charge in [0.2, 0.25) is 0 Å². The summed E-state index contributed by atoms with van der Waals surface area (Å²) in [5, 5.41) is 0. The van der Waals surface area contributed by atoms with Gasteiger partial charge < -0.3 is 14.2 Å². The molecule has 0 heterocycles. The van der Waals surface area contributed by atoms with E-state index in [-0.39, 0.29) is 31.1 Å². The quantitative estimate of drug-likeness (QED) is 0.0261. The molecule has 0 aromatic heterocycles. The fourth-order valence-electron chi connectivity index (χ4n) is 8.69. The van der Waals surface area contributed by atoms with Gasteiger partial charge in [-0.2, -0.15) is 0 Å². The maximum absolute atomic E-state index is 12.9. The first-order chi connectivity index (χ1) is 38.0. The van der Waals surface area contributed by atoms with E-state index in [1.54, 1.807) is 0 Å². The highest BCUT2D eigenvalue weighted by Gasteiger charge is 2.19. The Balaban J connectivity index is 4.46. The second-order valence-corrected chi connectivity index (χ2v) is 20.9. The molecule has 0 rings (SSSR count). The highest BCUT2D eigenvalue weighted by Crippen LogP contribution is 2.15. The zero-order valence-electron chi connectivity index (χ0n) is 50.2. The third-order valence-corrected chi connectivity index (χ3v) is 13.4. The number of rotatable bonds is 57. The van der Waals surface area contributed by atoms with Crippen LogP contribution in [0.5, 0.6) is 0 Å². The van der Waals surface area contributed by atoms with E-state index < -0.39 is 6.10 Å². The van der Waals surface area contributed by atoms with Crippen LogP contribution in [0.1, 0.15) is 290 Å². The predicted octanol–water partition coefficient (Wildman–Crippen LogP) is 22.0. The Kier molecular flexibility index (Phi) is 60.8. The summed E-state index contributed by atoms with van der Waals surface area (Å²) in [6.45, 7) is 6.40. The summed E-state index contributed by atoms with van der Waals surface area (Å²) >= 11 is 0. The van der Waals surface area contributed by atoms with Gasteiger partial charge in [-0.3, -0.25) is 14.4 Å². The Bertz CT molecular complexity index is 1600. The van der Waals surface area contributed by atoms with Crippen molar-refractivity contribution in [3.05, 3.63) is 122 Å². The molecule has 0 aliphatic heterocycles. The molecular weight excluding hydrogens is 949 g/mol. The summed E-state index contributed by atoms with van der Waals surface area (Å²) in [5.74, 6) is -0.923. The molecule has 0 saturated carbocycles. The number of unbranched alkanes of at least 4 members (excludes halogenated alkanes) is 26. The van der Waals surface area contributed by atoms with Crippen molar-refractivity contribution in [2.45, 2.75) is 297 Å². The van der Waals surface area contributed by atoms with Crippen molar-refractivity contribution in [2.24, 2.45) is 0 Å². The lowest BCUT2D eigenvalue weighted by Gasteiger charge is -2.18. The molecule has 0 aliphatic carbocycles. The normalized spacial score (nSPS) is 12.9. The van der Waals surface area contributed by atoms with Crippen molar-refractivity contribution in [1.82, 2.24) is 0 Å². The average Bonchev–Trinajstić information content (AvgIpc) is 3.43. The first kappa shape index (κ1) is 72.8. The monoisotopic (exact) mass is 1070 g/mol. The fourth-order valence-corrected chi connectivity index (χ4v) is 8.69. The van der Waals surface area contributed by atoms with Crippen molar-refractivity contribution in [2.75, 3.05) is 13.2 Å². The lowest BCUT2D eigenvalue weighted by Crippen LogP contribution is -2.30. The van der Waals surface area contributed by atoms with Gasteiger partial charge in [-0.25, -0.2) is 0 Å². The molecule has 438 valence electrons. The van der Waals surface area contributed by atoms with Gasteiger partial charge in [0.1, 0.15) is 13.2 Å². The average molecular weight is 1070 g/mol. The first-order valence-corrected chi connectivity index (χ1v) is 32.0. The number of hydrogen-bond donors (Lipinski definition) is 0. The molecule has 1 atom stereocenters. The molecule has 1 unspecified atom stereocenters. The third-order valence-electron chi connectivity index (χ3n) is 13.4. The lowest BCUT2D eigenvalue weighted by atomic mass is 10.1. The van der Waals surface area contributed by atoms with Crippen LogP contribution in [-0.4, -0.2) is 37.2 Å². The van der Waals surface area contributed by atoms with Gasteiger partial charge in [-0.15, -0.1) is 0 Å². The van der Waals surface area contributed by atoms with Crippen LogP contribution >= 0.6 is 0 Å². The SMILES string of the molecule is CC/C=C\C/C=C\C/C=C\C/C=C\C/C=C\CCCCCCCC(=O)OCC(COC(=O)CCCCCCCCCCC/C=C\CCCCCCCC)OC(=O)CCCCCCCC/C=C\C/C=C\C/C=C\C/C=C\CC. The Labute approximate surface area is 475 Å². The van der Waals surface area contributed by atoms with E-state index in [1.165, 1.54) is 103 Å². The van der Waals surface area contributed by atoms with Crippen LogP contribution in [0.3, 0.4) is 0 Å². The second kappa shape index (κ2) is 64.3. The van der Waals surface area contributed by atoms with Gasteiger partial charge in [0.25, 0.3) is 0 Å². The molecule has 0 amide bonds. The third kappa shape index (κ3) is 62.5. The topological polar surface area (TPSA) is 78.9 Å². The Hall–Kier alpha value is -4.19. The molecule has 0 bridgehead atoms. The molecule has 0 saturated heterocycles. The minimum absolute atomic E-state index is 0.0933. The van der Waals surface area contributed by atoms with Gasteiger partial charge in [0, 0.05) is 19.3 Å². The number of ether oxygens (including phenoxy) is 3. The molecular formula is C71H118O6. The number of carbonyl (C=O) groups excluding carboxylic acids is 3. The van der Waals surface area contributed by atoms with E-state index in [1.807, 2.05) is 0 Å². The molecule has 0 spiro atoms. The molecule has 0 radical (unpaired) electrons. The van der Waals surface area contributed by atoms with E-state index in [0.29, 0.717) is 19.3 Å². The zero-order valence-corrected chi connectivity index (χ0v) is 50.2. The maximum atomic E-state index is 12.9. The predicted molar refractivity (Wildman–Crippen MR) is 334 cm³/mol. The van der Waals surface area contributed by atoms with Crippen LogP contribution in [-0.2, 0) is 28.6 Å². The number of hydrogen-bond acceptors (Lipinski definition) is 6. The van der Waals surface area contributed by atoms with E-state index >= 15 is 0 Å². The second-order valence-electron chi connectivity index (χ2n) is 20.9. The van der Waals surface area contributed by atoms with E-state index in [4.69, 9.17) is 14.2 Å². The van der Waals surface area contributed by atoms with E-state index in [9.17, 15) is 14.4 Å². The molecule has 6 heteroatoms. The largest absolute Gasteiger partial charge is 0.462 e. The summed E-state index contributed by atoms with van der Waals surface area (Å²) in [6.07, 6.45) is 89.1. The highest BCUT2D eigenvalue weighted by molar-refractivity contribution is 5.71. The highest BCUT2D eigenvalue weighted by atomic mass is 16.6. The molecule has 0 fully saturated rings. The number of carbonyl (C=O) groups is 3. The summed E-state index contributed by atoms with van der Waals surface area (Å²) in [5.41, 5.74) is 0. The van der Waals surface area contributed by atoms with Gasteiger partial charge in [-0.05, 0) is 128 Å². The van der Waals surface area contributed by atoms with Crippen LogP contribution in [0.25, 0.3) is 0 Å². The van der Waals surface area contributed by atoms with Gasteiger partial charge in [0.05, 0.1) is 0 Å². The summed E-state index contributed by atoms with van der Waals surface area (Å²) in [4.78, 5) is 38.4. The van der Waals surface area contributed by atoms with Crippen molar-refractivity contribution in [3.63, 3.8) is 0 Å². The smallest absolute Gasteiger partial charge is 0.306 e. The summed E-state index contributed by atoms with van der Waals surface area (Å²) in [6, 6.07) is 0.